The van der Waals surface area contributed by atoms with Crippen LogP contribution in [0.25, 0.3) is 10.8 Å². The van der Waals surface area contributed by atoms with E-state index in [2.05, 4.69) is 39.2 Å². The van der Waals surface area contributed by atoms with E-state index >= 15 is 0 Å². The Kier molecular flexibility index (Phi) is 9.49. The third-order valence-electron chi connectivity index (χ3n) is 8.36. The van der Waals surface area contributed by atoms with E-state index < -0.39 is 37.6 Å². The predicted molar refractivity (Wildman–Crippen MR) is 175 cm³/mol. The molecule has 0 aromatic heterocycles. The molecule has 1 unspecified atom stereocenters. The molecule has 3 aromatic rings. The van der Waals surface area contributed by atoms with Crippen LogP contribution in [0.2, 0.25) is 18.1 Å². The largest absolute Gasteiger partial charge is 0.543 e. The highest BCUT2D eigenvalue weighted by Crippen LogP contribution is 2.38. The van der Waals surface area contributed by atoms with Crippen molar-refractivity contribution in [2.24, 2.45) is 0 Å². The number of ether oxygens (including phenoxy) is 2. The molecule has 2 amide bonds. The summed E-state index contributed by atoms with van der Waals surface area (Å²) in [6.45, 7) is 16.8. The van der Waals surface area contributed by atoms with Gasteiger partial charge in [-0.3, -0.25) is 4.79 Å². The molecule has 1 saturated heterocycles. The lowest BCUT2D eigenvalue weighted by Gasteiger charge is -2.37. The number of carbonyl (C=O) groups excluding carboxylic acids is 3. The average molecular weight is 619 g/mol. The van der Waals surface area contributed by atoms with Crippen molar-refractivity contribution < 1.29 is 28.3 Å². The molecule has 8 nitrogen and oxygen atoms in total. The van der Waals surface area contributed by atoms with Gasteiger partial charge in [-0.25, -0.2) is 9.59 Å². The molecule has 1 aliphatic rings. The number of nitrogens with zero attached hydrogens (tertiary/aromatic N) is 1. The lowest BCUT2D eigenvalue weighted by atomic mass is 10.0. The maximum atomic E-state index is 14.0. The highest BCUT2D eigenvalue weighted by Gasteiger charge is 2.42. The summed E-state index contributed by atoms with van der Waals surface area (Å²) in [5, 5.41) is 4.92. The molecule has 1 atom stereocenters. The van der Waals surface area contributed by atoms with E-state index in [0.717, 1.165) is 10.8 Å². The Bertz CT molecular complexity index is 1520. The molecule has 1 heterocycles. The Balaban J connectivity index is 1.64. The summed E-state index contributed by atoms with van der Waals surface area (Å²) >= 11 is 0. The van der Waals surface area contributed by atoms with Gasteiger partial charge in [-0.1, -0.05) is 63.2 Å². The SMILES string of the molecule is CC(C)(C)OC(=O)N1CCCC(NC(=O)c2ccccc2O[Si](C)(C)C(C)(C)C)(OC(=O)c2ccc3ccccc3c2)CC1. The molecule has 4 rings (SSSR count). The molecule has 1 aliphatic heterocycles. The van der Waals surface area contributed by atoms with E-state index in [1.54, 1.807) is 35.2 Å². The van der Waals surface area contributed by atoms with Gasteiger partial charge >= 0.3 is 12.1 Å². The fourth-order valence-corrected chi connectivity index (χ4v) is 5.90. The van der Waals surface area contributed by atoms with Gasteiger partial charge in [0.2, 0.25) is 0 Å². The van der Waals surface area contributed by atoms with E-state index in [4.69, 9.17) is 13.9 Å². The normalized spacial score (nSPS) is 17.9. The van der Waals surface area contributed by atoms with Gasteiger partial charge < -0.3 is 24.1 Å². The molecule has 0 bridgehead atoms. The second-order valence-electron chi connectivity index (χ2n) is 14.1. The topological polar surface area (TPSA) is 94.2 Å². The third-order valence-corrected chi connectivity index (χ3v) is 12.7. The summed E-state index contributed by atoms with van der Waals surface area (Å²) in [7, 11) is -2.26. The quantitative estimate of drug-likeness (QED) is 0.171. The van der Waals surface area contributed by atoms with Crippen LogP contribution in [0.15, 0.2) is 66.7 Å². The van der Waals surface area contributed by atoms with Gasteiger partial charge in [0.15, 0.2) is 5.72 Å². The Hall–Kier alpha value is -3.85. The number of likely N-dealkylation sites (tertiary alicyclic amines) is 1. The van der Waals surface area contributed by atoms with Crippen LogP contribution in [0.4, 0.5) is 4.79 Å². The first kappa shape index (κ1) is 33.0. The van der Waals surface area contributed by atoms with Crippen LogP contribution in [0.3, 0.4) is 0 Å². The zero-order valence-electron chi connectivity index (χ0n) is 27.3. The van der Waals surface area contributed by atoms with Gasteiger partial charge in [-0.05, 0) is 80.4 Å². The van der Waals surface area contributed by atoms with E-state index in [0.29, 0.717) is 36.3 Å². The molecule has 1 N–H and O–H groups in total. The van der Waals surface area contributed by atoms with Crippen LogP contribution >= 0.6 is 0 Å². The molecule has 236 valence electrons. The molecule has 0 spiro atoms. The smallest absolute Gasteiger partial charge is 0.410 e. The van der Waals surface area contributed by atoms with Crippen LogP contribution in [0.1, 0.15) is 81.5 Å². The monoisotopic (exact) mass is 618 g/mol. The number of carbonyl (C=O) groups is 3. The maximum absolute atomic E-state index is 14.0. The minimum atomic E-state index is -2.26. The number of nitrogens with one attached hydrogen (secondary N) is 1. The summed E-state index contributed by atoms with van der Waals surface area (Å²) in [6, 6.07) is 20.3. The predicted octanol–water partition coefficient (Wildman–Crippen LogP) is 7.93. The lowest BCUT2D eigenvalue weighted by molar-refractivity contribution is -0.0410. The Morgan fingerprint density at radius 1 is 0.841 bits per heavy atom. The van der Waals surface area contributed by atoms with E-state index in [9.17, 15) is 14.4 Å². The fourth-order valence-electron chi connectivity index (χ4n) is 4.87. The zero-order valence-corrected chi connectivity index (χ0v) is 28.3. The second kappa shape index (κ2) is 12.6. The fraction of sp³-hybridized carbons (Fsp3) is 0.457. The van der Waals surface area contributed by atoms with Gasteiger partial charge in [0, 0.05) is 25.9 Å². The van der Waals surface area contributed by atoms with E-state index in [1.807, 2.05) is 57.2 Å². The van der Waals surface area contributed by atoms with Crippen LogP contribution < -0.4 is 9.74 Å². The minimum Gasteiger partial charge on any atom is -0.543 e. The van der Waals surface area contributed by atoms with Gasteiger partial charge in [0.05, 0.1) is 11.1 Å². The summed E-state index contributed by atoms with van der Waals surface area (Å²) in [6.07, 6.45) is 0.575. The Morgan fingerprint density at radius 2 is 1.50 bits per heavy atom. The van der Waals surface area contributed by atoms with Crippen molar-refractivity contribution in [2.75, 3.05) is 13.1 Å². The highest BCUT2D eigenvalue weighted by atomic mass is 28.4. The number of benzene rings is 3. The van der Waals surface area contributed by atoms with E-state index in [-0.39, 0.29) is 18.0 Å². The molecule has 0 aliphatic carbocycles. The average Bonchev–Trinajstić information content (AvgIpc) is 3.14. The molecule has 3 aromatic carbocycles. The van der Waals surface area contributed by atoms with Gasteiger partial charge in [-0.2, -0.15) is 0 Å². The first-order valence-corrected chi connectivity index (χ1v) is 18.2. The molecule has 0 radical (unpaired) electrons. The zero-order chi connectivity index (χ0) is 32.3. The molecule has 1 fully saturated rings. The molecule has 9 heteroatoms. The number of hydrogen-bond acceptors (Lipinski definition) is 6. The molecular weight excluding hydrogens is 572 g/mol. The first-order chi connectivity index (χ1) is 20.5. The third kappa shape index (κ3) is 7.99. The summed E-state index contributed by atoms with van der Waals surface area (Å²) in [4.78, 5) is 42.2. The standard InChI is InChI=1S/C35H46N2O6Si/c1-33(2,3)42-32(40)37-22-13-20-35(21-23-37,41-31(39)27-19-18-25-14-9-10-15-26(25)24-27)36-30(38)28-16-11-12-17-29(28)43-44(7,8)34(4,5)6/h9-12,14-19,24H,13,20-23H2,1-8H3,(H,36,38). The second-order valence-corrected chi connectivity index (χ2v) is 18.8. The van der Waals surface area contributed by atoms with Crippen molar-refractivity contribution >= 4 is 37.1 Å². The van der Waals surface area contributed by atoms with Crippen LogP contribution in [0, 0.1) is 0 Å². The van der Waals surface area contributed by atoms with Gasteiger partial charge in [0.25, 0.3) is 14.2 Å². The van der Waals surface area contributed by atoms with Crippen LogP contribution in [0.5, 0.6) is 5.75 Å². The Labute approximate surface area is 262 Å². The van der Waals surface area contributed by atoms with Crippen molar-refractivity contribution in [3.05, 3.63) is 77.9 Å². The first-order valence-electron chi connectivity index (χ1n) is 15.3. The van der Waals surface area contributed by atoms with Crippen molar-refractivity contribution in [2.45, 2.75) is 90.3 Å². The van der Waals surface area contributed by atoms with Gasteiger partial charge in [0.1, 0.15) is 11.4 Å². The van der Waals surface area contributed by atoms with Crippen LogP contribution in [-0.2, 0) is 9.47 Å². The number of amides is 2. The number of esters is 1. The summed E-state index contributed by atoms with van der Waals surface area (Å²) < 4.78 is 18.4. The molecular formula is C35H46N2O6Si. The number of hydrogen-bond donors (Lipinski definition) is 1. The highest BCUT2D eigenvalue weighted by molar-refractivity contribution is 6.74. The minimum absolute atomic E-state index is 0.0698. The maximum Gasteiger partial charge on any atom is 0.410 e. The summed E-state index contributed by atoms with van der Waals surface area (Å²) in [5.41, 5.74) is -1.26. The number of para-hydroxylation sites is 1. The lowest BCUT2D eigenvalue weighted by Crippen LogP contribution is -2.52. The Morgan fingerprint density at radius 3 is 2.18 bits per heavy atom. The van der Waals surface area contributed by atoms with Crippen LogP contribution in [-0.4, -0.2) is 55.6 Å². The van der Waals surface area contributed by atoms with Crippen molar-refractivity contribution in [1.82, 2.24) is 10.2 Å². The number of fused-ring (bicyclic) bond motifs is 1. The van der Waals surface area contributed by atoms with Crippen molar-refractivity contribution in [1.29, 1.82) is 0 Å². The van der Waals surface area contributed by atoms with Gasteiger partial charge in [-0.15, -0.1) is 0 Å². The molecule has 0 saturated carbocycles. The molecule has 44 heavy (non-hydrogen) atoms. The summed E-state index contributed by atoms with van der Waals surface area (Å²) in [5.74, 6) is -0.458. The van der Waals surface area contributed by atoms with Crippen molar-refractivity contribution in [3.63, 3.8) is 0 Å². The van der Waals surface area contributed by atoms with Crippen molar-refractivity contribution in [3.8, 4) is 5.75 Å². The van der Waals surface area contributed by atoms with E-state index in [1.165, 1.54) is 0 Å². The number of rotatable bonds is 6.